The van der Waals surface area contributed by atoms with Gasteiger partial charge in [0.15, 0.2) is 0 Å². The molecule has 1 aromatic carbocycles. The summed E-state index contributed by atoms with van der Waals surface area (Å²) in [5, 5.41) is 10.7. The smallest absolute Gasteiger partial charge is 0.123 e. The Morgan fingerprint density at radius 3 is 2.89 bits per heavy atom. The molecule has 1 fully saturated rings. The van der Waals surface area contributed by atoms with Gasteiger partial charge in [-0.25, -0.2) is 4.39 Å². The Bertz CT molecular complexity index is 851. The van der Waals surface area contributed by atoms with Gasteiger partial charge in [0.25, 0.3) is 0 Å². The number of hydrogen-bond acceptors (Lipinski definition) is 4. The van der Waals surface area contributed by atoms with Crippen LogP contribution in [-0.4, -0.2) is 31.8 Å². The Morgan fingerprint density at radius 2 is 2.15 bits per heavy atom. The first-order valence-electron chi connectivity index (χ1n) is 9.48. The second kappa shape index (κ2) is 7.24. The van der Waals surface area contributed by atoms with Gasteiger partial charge in [0.2, 0.25) is 0 Å². The number of ether oxygens (including phenoxy) is 1. The van der Waals surface area contributed by atoms with Crippen LogP contribution in [0, 0.1) is 5.82 Å². The van der Waals surface area contributed by atoms with E-state index in [0.29, 0.717) is 19.2 Å². The molecule has 4 rings (SSSR count). The summed E-state index contributed by atoms with van der Waals surface area (Å²) >= 11 is 0. The zero-order valence-corrected chi connectivity index (χ0v) is 15.8. The number of fused-ring (bicyclic) bond motifs is 1. The van der Waals surface area contributed by atoms with Crippen molar-refractivity contribution in [2.45, 2.75) is 31.3 Å². The van der Waals surface area contributed by atoms with Crippen LogP contribution in [0.2, 0.25) is 0 Å². The van der Waals surface area contributed by atoms with Crippen LogP contribution in [-0.2, 0) is 4.74 Å². The molecule has 2 aliphatic carbocycles. The van der Waals surface area contributed by atoms with Gasteiger partial charge in [0.05, 0.1) is 12.1 Å². The maximum absolute atomic E-state index is 13.7. The summed E-state index contributed by atoms with van der Waals surface area (Å²) in [5.41, 5.74) is 4.72. The molecule has 27 heavy (non-hydrogen) atoms. The zero-order chi connectivity index (χ0) is 18.9. The lowest BCUT2D eigenvalue weighted by Crippen LogP contribution is -2.46. The van der Waals surface area contributed by atoms with Gasteiger partial charge in [-0.1, -0.05) is 18.2 Å². The van der Waals surface area contributed by atoms with Crippen molar-refractivity contribution < 1.29 is 9.13 Å². The molecule has 0 amide bonds. The van der Waals surface area contributed by atoms with Gasteiger partial charge in [-0.05, 0) is 50.1 Å². The van der Waals surface area contributed by atoms with Crippen LogP contribution < -0.4 is 16.0 Å². The largest absolute Gasteiger partial charge is 0.383 e. The Hall–Kier alpha value is -2.53. The van der Waals surface area contributed by atoms with Gasteiger partial charge in [0, 0.05) is 47.9 Å². The number of methoxy groups -OCH3 is 1. The lowest BCUT2D eigenvalue weighted by atomic mass is 9.82. The molecule has 0 aromatic heterocycles. The standard InChI is InChI=1S/C22H26FN3O/c1-22-9-8-18(25-17-6-7-17)13-19(22)21(24-10-11-27-2)14-20(26-22)15-4-3-5-16(23)12-15/h3-5,8-9,12-14,17,24-26H,6-7,10-11H2,1-2H3. The van der Waals surface area contributed by atoms with Crippen molar-refractivity contribution in [2.75, 3.05) is 20.3 Å². The fourth-order valence-electron chi connectivity index (χ4n) is 3.50. The quantitative estimate of drug-likeness (QED) is 0.648. The molecule has 0 spiro atoms. The summed E-state index contributed by atoms with van der Waals surface area (Å²) in [6.45, 7) is 3.48. The number of halogens is 1. The molecule has 1 aliphatic heterocycles. The summed E-state index contributed by atoms with van der Waals surface area (Å²) in [6, 6.07) is 7.28. The van der Waals surface area contributed by atoms with Crippen molar-refractivity contribution in [1.29, 1.82) is 0 Å². The molecule has 142 valence electrons. The molecule has 3 aliphatic rings. The molecule has 4 nitrogen and oxygen atoms in total. The minimum Gasteiger partial charge on any atom is -0.383 e. The minimum atomic E-state index is -0.361. The SMILES string of the molecule is COCCNC1=C2C=C(NC3CC3)C=CC2(C)NC(c2cccc(F)c2)=C1. The highest BCUT2D eigenvalue weighted by Crippen LogP contribution is 2.35. The van der Waals surface area contributed by atoms with Crippen LogP contribution in [0.3, 0.4) is 0 Å². The third kappa shape index (κ3) is 3.93. The normalized spacial score (nSPS) is 24.0. The zero-order valence-electron chi connectivity index (χ0n) is 15.8. The van der Waals surface area contributed by atoms with Crippen LogP contribution in [0.5, 0.6) is 0 Å². The van der Waals surface area contributed by atoms with Gasteiger partial charge in [0.1, 0.15) is 5.82 Å². The van der Waals surface area contributed by atoms with Crippen LogP contribution in [0.1, 0.15) is 25.3 Å². The van der Waals surface area contributed by atoms with Crippen molar-refractivity contribution in [3.05, 3.63) is 76.9 Å². The third-order valence-electron chi connectivity index (χ3n) is 5.13. The van der Waals surface area contributed by atoms with E-state index in [1.165, 1.54) is 24.5 Å². The average Bonchev–Trinajstić information content (AvgIpc) is 3.46. The number of hydrogen-bond donors (Lipinski definition) is 3. The van der Waals surface area contributed by atoms with E-state index in [1.807, 2.05) is 6.07 Å². The first kappa shape index (κ1) is 17.9. The predicted octanol–water partition coefficient (Wildman–Crippen LogP) is 3.22. The van der Waals surface area contributed by atoms with Crippen LogP contribution in [0.15, 0.2) is 65.5 Å². The van der Waals surface area contributed by atoms with E-state index < -0.39 is 0 Å². The van der Waals surface area contributed by atoms with Crippen LogP contribution >= 0.6 is 0 Å². The summed E-state index contributed by atoms with van der Waals surface area (Å²) < 4.78 is 18.9. The van der Waals surface area contributed by atoms with E-state index in [-0.39, 0.29) is 11.4 Å². The van der Waals surface area contributed by atoms with E-state index in [9.17, 15) is 4.39 Å². The molecule has 1 atom stereocenters. The topological polar surface area (TPSA) is 45.3 Å². The number of dihydropyridines is 1. The van der Waals surface area contributed by atoms with Crippen molar-refractivity contribution in [1.82, 2.24) is 16.0 Å². The molecule has 0 radical (unpaired) electrons. The minimum absolute atomic E-state index is 0.237. The molecule has 1 aromatic rings. The fourth-order valence-corrected chi connectivity index (χ4v) is 3.50. The number of nitrogens with one attached hydrogen (secondary N) is 3. The first-order valence-corrected chi connectivity index (χ1v) is 9.48. The lowest BCUT2D eigenvalue weighted by molar-refractivity contribution is 0.202. The van der Waals surface area contributed by atoms with Gasteiger partial charge >= 0.3 is 0 Å². The summed E-state index contributed by atoms with van der Waals surface area (Å²) in [6.07, 6.45) is 11.1. The van der Waals surface area contributed by atoms with Gasteiger partial charge in [-0.2, -0.15) is 0 Å². The molecular formula is C22H26FN3O. The van der Waals surface area contributed by atoms with Gasteiger partial charge < -0.3 is 20.7 Å². The van der Waals surface area contributed by atoms with Crippen molar-refractivity contribution in [3.8, 4) is 0 Å². The average molecular weight is 367 g/mol. The third-order valence-corrected chi connectivity index (χ3v) is 5.13. The summed E-state index contributed by atoms with van der Waals surface area (Å²) in [5.74, 6) is -0.237. The number of allylic oxidation sites excluding steroid dienone is 2. The predicted molar refractivity (Wildman–Crippen MR) is 106 cm³/mol. The molecule has 1 unspecified atom stereocenters. The highest BCUT2D eigenvalue weighted by Gasteiger charge is 2.34. The van der Waals surface area contributed by atoms with Crippen LogP contribution in [0.4, 0.5) is 4.39 Å². The van der Waals surface area contributed by atoms with Crippen molar-refractivity contribution >= 4 is 5.70 Å². The first-order chi connectivity index (χ1) is 13.1. The number of rotatable bonds is 7. The van der Waals surface area contributed by atoms with E-state index in [2.05, 4.69) is 47.2 Å². The Labute approximate surface area is 159 Å². The Morgan fingerprint density at radius 1 is 1.30 bits per heavy atom. The fraction of sp³-hybridized carbons (Fsp3) is 0.364. The van der Waals surface area contributed by atoms with E-state index in [4.69, 9.17) is 4.74 Å². The van der Waals surface area contributed by atoms with E-state index in [0.717, 1.165) is 22.7 Å². The monoisotopic (exact) mass is 367 g/mol. The molecule has 0 bridgehead atoms. The molecule has 1 saturated carbocycles. The summed E-state index contributed by atoms with van der Waals surface area (Å²) in [4.78, 5) is 0. The highest BCUT2D eigenvalue weighted by atomic mass is 19.1. The summed E-state index contributed by atoms with van der Waals surface area (Å²) in [7, 11) is 1.70. The van der Waals surface area contributed by atoms with Crippen LogP contribution in [0.25, 0.3) is 5.70 Å². The second-order valence-corrected chi connectivity index (χ2v) is 7.49. The van der Waals surface area contributed by atoms with E-state index >= 15 is 0 Å². The van der Waals surface area contributed by atoms with E-state index in [1.54, 1.807) is 19.2 Å². The van der Waals surface area contributed by atoms with Gasteiger partial charge in [-0.3, -0.25) is 0 Å². The highest BCUT2D eigenvalue weighted by molar-refractivity contribution is 5.73. The molecule has 0 saturated heterocycles. The van der Waals surface area contributed by atoms with Crippen molar-refractivity contribution in [2.24, 2.45) is 0 Å². The number of benzene rings is 1. The molecule has 1 heterocycles. The lowest BCUT2D eigenvalue weighted by Gasteiger charge is -2.39. The van der Waals surface area contributed by atoms with Gasteiger partial charge in [-0.15, -0.1) is 0 Å². The van der Waals surface area contributed by atoms with Crippen molar-refractivity contribution in [3.63, 3.8) is 0 Å². The Balaban J connectivity index is 1.71. The molecule has 5 heteroatoms. The maximum atomic E-state index is 13.7. The molecular weight excluding hydrogens is 341 g/mol. The Kier molecular flexibility index (Phi) is 4.79. The molecule has 3 N–H and O–H groups in total. The maximum Gasteiger partial charge on any atom is 0.123 e. The second-order valence-electron chi connectivity index (χ2n) is 7.49.